The first-order valence-electron chi connectivity index (χ1n) is 8.43. The predicted molar refractivity (Wildman–Crippen MR) is 92.1 cm³/mol. The third kappa shape index (κ3) is 9.72. The third-order valence-electron chi connectivity index (χ3n) is 3.18. The van der Waals surface area contributed by atoms with Gasteiger partial charge in [0.05, 0.1) is 12.5 Å². The van der Waals surface area contributed by atoms with Crippen LogP contribution in [0.25, 0.3) is 0 Å². The van der Waals surface area contributed by atoms with Gasteiger partial charge in [-0.25, -0.2) is 0 Å². The molecule has 0 aliphatic rings. The summed E-state index contributed by atoms with van der Waals surface area (Å²) in [6.45, 7) is 9.71. The van der Waals surface area contributed by atoms with Gasteiger partial charge in [0.15, 0.2) is 0 Å². The van der Waals surface area contributed by atoms with Crippen molar-refractivity contribution in [3.05, 3.63) is 35.9 Å². The lowest BCUT2D eigenvalue weighted by atomic mass is 10.0. The Morgan fingerprint density at radius 1 is 1.09 bits per heavy atom. The van der Waals surface area contributed by atoms with E-state index in [0.29, 0.717) is 19.3 Å². The van der Waals surface area contributed by atoms with Crippen molar-refractivity contribution in [2.75, 3.05) is 6.61 Å². The molecule has 0 heterocycles. The van der Waals surface area contributed by atoms with Crippen molar-refractivity contribution in [2.24, 2.45) is 5.92 Å². The summed E-state index contributed by atoms with van der Waals surface area (Å²) in [5.41, 5.74) is 1.12. The lowest BCUT2D eigenvalue weighted by molar-refractivity contribution is -0.154. The number of rotatable bonds is 8. The van der Waals surface area contributed by atoms with Gasteiger partial charge in [0.1, 0.15) is 6.10 Å². The summed E-state index contributed by atoms with van der Waals surface area (Å²) < 4.78 is 10.3. The summed E-state index contributed by atoms with van der Waals surface area (Å²) in [5, 5.41) is 0. The highest BCUT2D eigenvalue weighted by Crippen LogP contribution is 2.11. The molecule has 4 heteroatoms. The van der Waals surface area contributed by atoms with Crippen molar-refractivity contribution in [1.29, 1.82) is 0 Å². The molecular weight excluding hydrogens is 292 g/mol. The average Bonchev–Trinajstić information content (AvgIpc) is 2.57. The highest BCUT2D eigenvalue weighted by molar-refractivity contribution is 5.72. The summed E-state index contributed by atoms with van der Waals surface area (Å²) in [5.74, 6) is -0.632. The van der Waals surface area contributed by atoms with Crippen LogP contribution in [0.5, 0.6) is 0 Å². The Bertz CT molecular complexity index is 442. The maximum Gasteiger partial charge on any atom is 0.309 e. The topological polar surface area (TPSA) is 52.6 Å². The number of carbonyl (C=O) groups excluding carboxylic acids is 2. The number of hydrogen-bond donors (Lipinski definition) is 0. The van der Waals surface area contributed by atoms with E-state index in [1.54, 1.807) is 6.92 Å². The van der Waals surface area contributed by atoms with Crippen molar-refractivity contribution in [3.63, 3.8) is 0 Å². The molecule has 0 radical (unpaired) electrons. The molecule has 2 atom stereocenters. The molecule has 1 aromatic rings. The van der Waals surface area contributed by atoms with Gasteiger partial charge >= 0.3 is 11.9 Å². The van der Waals surface area contributed by atoms with E-state index in [2.05, 4.69) is 0 Å². The Labute approximate surface area is 140 Å². The summed E-state index contributed by atoms with van der Waals surface area (Å²) in [4.78, 5) is 23.0. The van der Waals surface area contributed by atoms with E-state index in [9.17, 15) is 9.59 Å². The fraction of sp³-hybridized carbons (Fsp3) is 0.579. The highest BCUT2D eigenvalue weighted by atomic mass is 16.6. The average molecular weight is 322 g/mol. The summed E-state index contributed by atoms with van der Waals surface area (Å²) in [7, 11) is 0. The highest BCUT2D eigenvalue weighted by Gasteiger charge is 2.18. The molecule has 0 aliphatic carbocycles. The summed E-state index contributed by atoms with van der Waals surface area (Å²) >= 11 is 0. The van der Waals surface area contributed by atoms with Crippen LogP contribution >= 0.6 is 0 Å². The van der Waals surface area contributed by atoms with Gasteiger partial charge in [0, 0.05) is 12.8 Å². The Hall–Kier alpha value is -1.84. The van der Waals surface area contributed by atoms with Gasteiger partial charge < -0.3 is 9.47 Å². The van der Waals surface area contributed by atoms with Gasteiger partial charge in [-0.1, -0.05) is 58.0 Å². The second kappa shape index (κ2) is 12.7. The van der Waals surface area contributed by atoms with Crippen LogP contribution in [-0.2, 0) is 25.5 Å². The zero-order valence-electron chi connectivity index (χ0n) is 15.0. The fourth-order valence-corrected chi connectivity index (χ4v) is 1.87. The minimum Gasteiger partial charge on any atom is -0.466 e. The predicted octanol–water partition coefficient (Wildman–Crippen LogP) is 4.17. The Kier molecular flexibility index (Phi) is 11.7. The first kappa shape index (κ1) is 21.2. The quantitative estimate of drug-likeness (QED) is 0.674. The van der Waals surface area contributed by atoms with Gasteiger partial charge in [-0.2, -0.15) is 0 Å². The van der Waals surface area contributed by atoms with E-state index in [0.717, 1.165) is 5.56 Å². The molecule has 4 nitrogen and oxygen atoms in total. The van der Waals surface area contributed by atoms with Crippen LogP contribution in [0, 0.1) is 5.92 Å². The van der Waals surface area contributed by atoms with Crippen LogP contribution in [-0.4, -0.2) is 24.6 Å². The molecule has 1 aromatic carbocycles. The lowest BCUT2D eigenvalue weighted by Gasteiger charge is -2.17. The molecule has 1 rings (SSSR count). The number of benzene rings is 1. The van der Waals surface area contributed by atoms with E-state index < -0.39 is 0 Å². The number of hydrogen-bond acceptors (Lipinski definition) is 4. The van der Waals surface area contributed by atoms with Crippen LogP contribution in [0.1, 0.15) is 53.0 Å². The number of ether oxygens (including phenoxy) is 2. The molecule has 0 saturated carbocycles. The molecule has 2 unspecified atom stereocenters. The SMILES string of the molecule is CC.CCC(=O)OCCC(C)OC(=O)C(C)Cc1ccccc1. The van der Waals surface area contributed by atoms with Gasteiger partial charge in [-0.3, -0.25) is 9.59 Å². The molecule has 130 valence electrons. The van der Waals surface area contributed by atoms with Crippen molar-refractivity contribution in [1.82, 2.24) is 0 Å². The molecule has 23 heavy (non-hydrogen) atoms. The third-order valence-corrected chi connectivity index (χ3v) is 3.18. The Morgan fingerprint density at radius 2 is 1.70 bits per heavy atom. The second-order valence-corrected chi connectivity index (χ2v) is 5.20. The second-order valence-electron chi connectivity index (χ2n) is 5.20. The normalized spacial score (nSPS) is 12.4. The minimum atomic E-state index is -0.250. The van der Waals surface area contributed by atoms with Crippen LogP contribution in [0.2, 0.25) is 0 Å². The van der Waals surface area contributed by atoms with Gasteiger partial charge in [-0.15, -0.1) is 0 Å². The van der Waals surface area contributed by atoms with Crippen LogP contribution in [0.15, 0.2) is 30.3 Å². The van der Waals surface area contributed by atoms with Gasteiger partial charge in [-0.05, 0) is 18.9 Å². The van der Waals surface area contributed by atoms with Crippen LogP contribution in [0.4, 0.5) is 0 Å². The molecule has 0 aromatic heterocycles. The van der Waals surface area contributed by atoms with Gasteiger partial charge in [0.25, 0.3) is 0 Å². The summed E-state index contributed by atoms with van der Waals surface area (Å²) in [6.07, 6.45) is 1.30. The zero-order chi connectivity index (χ0) is 17.7. The minimum absolute atomic E-state index is 0.187. The van der Waals surface area contributed by atoms with E-state index in [-0.39, 0.29) is 30.6 Å². The van der Waals surface area contributed by atoms with Crippen molar-refractivity contribution >= 4 is 11.9 Å². The molecule has 0 aliphatic heterocycles. The number of carbonyl (C=O) groups is 2. The zero-order valence-corrected chi connectivity index (χ0v) is 15.0. The van der Waals surface area contributed by atoms with E-state index in [1.807, 2.05) is 58.0 Å². The van der Waals surface area contributed by atoms with Crippen LogP contribution < -0.4 is 0 Å². The Morgan fingerprint density at radius 3 is 2.26 bits per heavy atom. The molecule has 0 bridgehead atoms. The molecule has 0 spiro atoms. The standard InChI is InChI=1S/C17H24O4.C2H6/c1-4-16(18)20-11-10-14(3)21-17(19)13(2)12-15-8-6-5-7-9-15;1-2/h5-9,13-14H,4,10-12H2,1-3H3;1-2H3. The molecule has 0 N–H and O–H groups in total. The maximum absolute atomic E-state index is 12.0. The van der Waals surface area contributed by atoms with E-state index >= 15 is 0 Å². The largest absolute Gasteiger partial charge is 0.466 e. The van der Waals surface area contributed by atoms with Crippen molar-refractivity contribution in [3.8, 4) is 0 Å². The van der Waals surface area contributed by atoms with E-state index in [4.69, 9.17) is 9.47 Å². The van der Waals surface area contributed by atoms with Gasteiger partial charge in [0.2, 0.25) is 0 Å². The van der Waals surface area contributed by atoms with Crippen molar-refractivity contribution in [2.45, 2.75) is 60.0 Å². The monoisotopic (exact) mass is 322 g/mol. The molecular formula is C19H30O4. The van der Waals surface area contributed by atoms with Crippen LogP contribution in [0.3, 0.4) is 0 Å². The first-order valence-corrected chi connectivity index (χ1v) is 8.43. The maximum atomic E-state index is 12.0. The summed E-state index contributed by atoms with van der Waals surface area (Å²) in [6, 6.07) is 9.86. The smallest absolute Gasteiger partial charge is 0.309 e. The number of esters is 2. The molecule has 0 fully saturated rings. The van der Waals surface area contributed by atoms with Crippen molar-refractivity contribution < 1.29 is 19.1 Å². The Balaban J connectivity index is 0.00000232. The first-order chi connectivity index (χ1) is 11.0. The molecule has 0 amide bonds. The lowest BCUT2D eigenvalue weighted by Crippen LogP contribution is -2.23. The fourth-order valence-electron chi connectivity index (χ4n) is 1.87. The van der Waals surface area contributed by atoms with E-state index in [1.165, 1.54) is 0 Å². The molecule has 0 saturated heterocycles.